The van der Waals surface area contributed by atoms with E-state index in [9.17, 15) is 4.79 Å². The second-order valence-electron chi connectivity index (χ2n) is 7.25. The average Bonchev–Trinajstić information content (AvgIpc) is 3.03. The molecule has 8 nitrogen and oxygen atoms in total. The highest BCUT2D eigenvalue weighted by Gasteiger charge is 2.37. The van der Waals surface area contributed by atoms with Gasteiger partial charge in [-0.3, -0.25) is 4.79 Å². The summed E-state index contributed by atoms with van der Waals surface area (Å²) >= 11 is 0. The first-order valence-electron chi connectivity index (χ1n) is 8.39. The number of oxazole rings is 1. The molecule has 0 unspecified atom stereocenters. The molecule has 1 aliphatic rings. The molecule has 2 heterocycles. The third-order valence-electron chi connectivity index (χ3n) is 4.18. The molecule has 3 rings (SSSR count). The van der Waals surface area contributed by atoms with E-state index in [4.69, 9.17) is 25.9 Å². The van der Waals surface area contributed by atoms with Crippen LogP contribution >= 0.6 is 0 Å². The van der Waals surface area contributed by atoms with Gasteiger partial charge in [-0.05, 0) is 17.7 Å². The van der Waals surface area contributed by atoms with Crippen LogP contribution in [0.2, 0.25) is 0 Å². The van der Waals surface area contributed by atoms with Gasteiger partial charge in [-0.25, -0.2) is 4.98 Å². The average molecular weight is 367 g/mol. The maximum atomic E-state index is 12.1. The number of nitrogens with two attached hydrogens (primary N) is 2. The first kappa shape index (κ1) is 18.3. The number of nitriles is 1. The molecule has 0 aliphatic carbocycles. The Bertz CT molecular complexity index is 945. The van der Waals surface area contributed by atoms with Crippen LogP contribution in [0.5, 0.6) is 5.75 Å². The fraction of sp³-hybridized carbons (Fsp3) is 0.316. The van der Waals surface area contributed by atoms with Gasteiger partial charge in [0.05, 0.1) is 11.5 Å². The zero-order valence-electron chi connectivity index (χ0n) is 15.4. The molecular formula is C19H21N5O3. The smallest absolute Gasteiger partial charge is 0.249 e. The number of aromatic nitrogens is 1. The van der Waals surface area contributed by atoms with Crippen molar-refractivity contribution >= 4 is 11.8 Å². The first-order chi connectivity index (χ1) is 12.7. The zero-order valence-corrected chi connectivity index (χ0v) is 15.4. The van der Waals surface area contributed by atoms with Crippen LogP contribution in [-0.2, 0) is 10.2 Å². The lowest BCUT2D eigenvalue weighted by Gasteiger charge is -2.24. The van der Waals surface area contributed by atoms with Gasteiger partial charge in [-0.15, -0.1) is 0 Å². The van der Waals surface area contributed by atoms with Gasteiger partial charge in [-0.1, -0.05) is 32.9 Å². The van der Waals surface area contributed by atoms with Crippen LogP contribution in [0.3, 0.4) is 0 Å². The summed E-state index contributed by atoms with van der Waals surface area (Å²) in [5, 5.41) is 11.5. The van der Waals surface area contributed by atoms with Gasteiger partial charge in [0.1, 0.15) is 23.3 Å². The maximum absolute atomic E-state index is 12.1. The Balaban J connectivity index is 2.09. The van der Waals surface area contributed by atoms with Gasteiger partial charge in [0.2, 0.25) is 17.7 Å². The van der Waals surface area contributed by atoms with Crippen LogP contribution in [-0.4, -0.2) is 17.5 Å². The van der Waals surface area contributed by atoms with E-state index in [1.807, 2.05) is 26.8 Å². The summed E-state index contributed by atoms with van der Waals surface area (Å²) in [5.41, 5.74) is 12.9. The van der Waals surface area contributed by atoms with Crippen molar-refractivity contribution in [3.05, 3.63) is 52.8 Å². The highest BCUT2D eigenvalue weighted by Crippen LogP contribution is 2.42. The van der Waals surface area contributed by atoms with E-state index in [1.165, 1.54) is 0 Å². The normalized spacial score (nSPS) is 16.3. The van der Waals surface area contributed by atoms with Crippen molar-refractivity contribution in [1.82, 2.24) is 4.98 Å². The summed E-state index contributed by atoms with van der Waals surface area (Å²) < 4.78 is 11.1. The van der Waals surface area contributed by atoms with Crippen molar-refractivity contribution in [3.8, 4) is 11.8 Å². The van der Waals surface area contributed by atoms with Crippen LogP contribution in [0.25, 0.3) is 0 Å². The number of carbonyl (C=O) groups is 1. The molecule has 2 aromatic rings. The van der Waals surface area contributed by atoms with Crippen LogP contribution in [0.1, 0.15) is 43.8 Å². The van der Waals surface area contributed by atoms with E-state index in [0.717, 1.165) is 5.56 Å². The molecule has 0 bridgehead atoms. The number of amides is 1. The monoisotopic (exact) mass is 367 g/mol. The van der Waals surface area contributed by atoms with Gasteiger partial charge in [-0.2, -0.15) is 5.26 Å². The fourth-order valence-electron chi connectivity index (χ4n) is 2.89. The second-order valence-corrected chi connectivity index (χ2v) is 7.25. The minimum Gasteiger partial charge on any atom is -0.479 e. The molecule has 1 aromatic carbocycles. The van der Waals surface area contributed by atoms with Crippen LogP contribution < -0.4 is 21.5 Å². The van der Waals surface area contributed by atoms with E-state index in [1.54, 1.807) is 24.3 Å². The van der Waals surface area contributed by atoms with Crippen LogP contribution in [0.4, 0.5) is 5.88 Å². The van der Waals surface area contributed by atoms with Crippen molar-refractivity contribution in [2.24, 2.45) is 11.5 Å². The number of rotatable bonds is 4. The quantitative estimate of drug-likeness (QED) is 0.751. The van der Waals surface area contributed by atoms with Crippen molar-refractivity contribution in [3.63, 3.8) is 0 Å². The highest BCUT2D eigenvalue weighted by molar-refractivity contribution is 5.96. The second kappa shape index (κ2) is 6.68. The van der Waals surface area contributed by atoms with Crippen molar-refractivity contribution in [2.75, 3.05) is 11.9 Å². The maximum Gasteiger partial charge on any atom is 0.249 e. The van der Waals surface area contributed by atoms with Gasteiger partial charge in [0.25, 0.3) is 0 Å². The van der Waals surface area contributed by atoms with Gasteiger partial charge in [0.15, 0.2) is 6.61 Å². The standard InChI is InChI=1S/C19H21N5O3/c1-19(2,3)18-23-14-12(10-4-6-11(7-5-10)26-9-8-20)13(16(22)25)15(21)24-17(14)27-18/h4-7,12,24H,9,21H2,1-3H3,(H2,22,25)/t12-/m1/s1. The van der Waals surface area contributed by atoms with Crippen molar-refractivity contribution in [1.29, 1.82) is 5.26 Å². The number of primary amides is 1. The molecule has 0 saturated carbocycles. The molecule has 1 amide bonds. The molecule has 5 N–H and O–H groups in total. The SMILES string of the molecule is CC(C)(C)c1nc2c(o1)NC(N)=C(C(N)=O)[C@H]2c1ccc(OCC#N)cc1. The Kier molecular flexibility index (Phi) is 4.54. The van der Waals surface area contributed by atoms with Crippen molar-refractivity contribution in [2.45, 2.75) is 32.1 Å². The van der Waals surface area contributed by atoms with Crippen LogP contribution in [0.15, 0.2) is 40.1 Å². The summed E-state index contributed by atoms with van der Waals surface area (Å²) in [7, 11) is 0. The summed E-state index contributed by atoms with van der Waals surface area (Å²) in [4.78, 5) is 16.7. The highest BCUT2D eigenvalue weighted by atomic mass is 16.5. The lowest BCUT2D eigenvalue weighted by atomic mass is 9.85. The zero-order chi connectivity index (χ0) is 19.8. The number of hydrogen-bond acceptors (Lipinski definition) is 7. The van der Waals surface area contributed by atoms with E-state index in [0.29, 0.717) is 23.2 Å². The number of nitrogens with zero attached hydrogens (tertiary/aromatic N) is 2. The third-order valence-corrected chi connectivity index (χ3v) is 4.18. The van der Waals surface area contributed by atoms with E-state index in [2.05, 4.69) is 10.3 Å². The largest absolute Gasteiger partial charge is 0.479 e. The Hall–Kier alpha value is -3.47. The molecule has 0 saturated heterocycles. The summed E-state index contributed by atoms with van der Waals surface area (Å²) in [6.45, 7) is 5.89. The number of fused-ring (bicyclic) bond motifs is 1. The predicted octanol–water partition coefficient (Wildman–Crippen LogP) is 2.09. The summed E-state index contributed by atoms with van der Waals surface area (Å²) in [6, 6.07) is 8.92. The predicted molar refractivity (Wildman–Crippen MR) is 98.6 cm³/mol. The van der Waals surface area contributed by atoms with E-state index >= 15 is 0 Å². The molecule has 1 atom stereocenters. The Morgan fingerprint density at radius 3 is 2.59 bits per heavy atom. The lowest BCUT2D eigenvalue weighted by Crippen LogP contribution is -2.31. The topological polar surface area (TPSA) is 140 Å². The summed E-state index contributed by atoms with van der Waals surface area (Å²) in [5.74, 6) is 0.406. The molecular weight excluding hydrogens is 346 g/mol. The molecule has 1 aromatic heterocycles. The summed E-state index contributed by atoms with van der Waals surface area (Å²) in [6.07, 6.45) is 0. The molecule has 27 heavy (non-hydrogen) atoms. The van der Waals surface area contributed by atoms with Gasteiger partial charge >= 0.3 is 0 Å². The molecule has 0 spiro atoms. The lowest BCUT2D eigenvalue weighted by molar-refractivity contribution is -0.114. The number of anilines is 1. The first-order valence-corrected chi connectivity index (χ1v) is 8.39. The minimum absolute atomic E-state index is 0.0472. The number of hydrogen-bond donors (Lipinski definition) is 3. The number of nitrogens with one attached hydrogen (secondary N) is 1. The minimum atomic E-state index is -0.638. The fourth-order valence-corrected chi connectivity index (χ4v) is 2.89. The number of ether oxygens (including phenoxy) is 1. The molecule has 8 heteroatoms. The molecule has 0 radical (unpaired) electrons. The third kappa shape index (κ3) is 3.44. The van der Waals surface area contributed by atoms with Gasteiger partial charge in [0, 0.05) is 5.41 Å². The van der Waals surface area contributed by atoms with E-state index < -0.39 is 11.8 Å². The van der Waals surface area contributed by atoms with Gasteiger partial charge < -0.3 is 25.9 Å². The van der Waals surface area contributed by atoms with E-state index in [-0.39, 0.29) is 23.4 Å². The number of benzene rings is 1. The molecule has 140 valence electrons. The van der Waals surface area contributed by atoms with Crippen molar-refractivity contribution < 1.29 is 13.9 Å². The molecule has 1 aliphatic heterocycles. The Morgan fingerprint density at radius 2 is 2.04 bits per heavy atom. The van der Waals surface area contributed by atoms with Crippen LogP contribution in [0, 0.1) is 11.3 Å². The Labute approximate surface area is 156 Å². The molecule has 0 fully saturated rings. The Morgan fingerprint density at radius 1 is 1.37 bits per heavy atom. The number of carbonyl (C=O) groups excluding carboxylic acids is 1.